The number of aryl methyl sites for hydroxylation is 1. The summed E-state index contributed by atoms with van der Waals surface area (Å²) in [6.45, 7) is 1.76. The fourth-order valence-electron chi connectivity index (χ4n) is 1.41. The average molecular weight is 204 g/mol. The van der Waals surface area contributed by atoms with Gasteiger partial charge in [-0.2, -0.15) is 0 Å². The van der Waals surface area contributed by atoms with E-state index in [1.807, 2.05) is 0 Å². The minimum Gasteiger partial charge on any atom is -0.501 e. The zero-order chi connectivity index (χ0) is 11.0. The summed E-state index contributed by atoms with van der Waals surface area (Å²) >= 11 is 0. The van der Waals surface area contributed by atoms with Crippen molar-refractivity contribution in [2.75, 3.05) is 0 Å². The van der Waals surface area contributed by atoms with Crippen molar-refractivity contribution in [3.63, 3.8) is 0 Å². The Hall–Kier alpha value is -2.17. The van der Waals surface area contributed by atoms with Crippen LogP contribution in [0.4, 0.5) is 5.69 Å². The monoisotopic (exact) mass is 204 g/mol. The highest BCUT2D eigenvalue weighted by Crippen LogP contribution is 2.32. The van der Waals surface area contributed by atoms with Crippen molar-refractivity contribution in [2.24, 2.45) is 0 Å². The number of hydrogen-bond donors (Lipinski definition) is 1. The van der Waals surface area contributed by atoms with E-state index in [-0.39, 0.29) is 17.0 Å². The molecule has 1 N–H and O–H groups in total. The number of pyridine rings is 1. The van der Waals surface area contributed by atoms with E-state index in [9.17, 15) is 15.2 Å². The molecule has 5 heteroatoms. The topological polar surface area (TPSA) is 76.3 Å². The van der Waals surface area contributed by atoms with Crippen molar-refractivity contribution < 1.29 is 10.0 Å². The number of nitro groups is 1. The molecule has 2 aromatic rings. The lowest BCUT2D eigenvalue weighted by molar-refractivity contribution is -0.385. The normalized spacial score (nSPS) is 10.5. The van der Waals surface area contributed by atoms with E-state index in [1.165, 1.54) is 6.07 Å². The van der Waals surface area contributed by atoms with Crippen LogP contribution in [0.5, 0.6) is 5.75 Å². The maximum absolute atomic E-state index is 10.6. The van der Waals surface area contributed by atoms with Crippen LogP contribution in [-0.4, -0.2) is 15.0 Å². The molecule has 5 nitrogen and oxygen atoms in total. The van der Waals surface area contributed by atoms with Crippen LogP contribution in [0.1, 0.15) is 5.69 Å². The summed E-state index contributed by atoms with van der Waals surface area (Å²) in [5, 5.41) is 20.9. The lowest BCUT2D eigenvalue weighted by atomic mass is 10.1. The van der Waals surface area contributed by atoms with Gasteiger partial charge in [0.15, 0.2) is 0 Å². The van der Waals surface area contributed by atoms with Gasteiger partial charge in [0.2, 0.25) is 5.75 Å². The molecule has 0 aliphatic rings. The molecule has 15 heavy (non-hydrogen) atoms. The van der Waals surface area contributed by atoms with Gasteiger partial charge in [-0.15, -0.1) is 0 Å². The third-order valence-electron chi connectivity index (χ3n) is 2.15. The van der Waals surface area contributed by atoms with Crippen LogP contribution >= 0.6 is 0 Å². The average Bonchev–Trinajstić information content (AvgIpc) is 2.19. The van der Waals surface area contributed by atoms with Gasteiger partial charge in [-0.25, -0.2) is 4.98 Å². The number of fused-ring (bicyclic) bond motifs is 1. The van der Waals surface area contributed by atoms with Crippen LogP contribution in [0, 0.1) is 17.0 Å². The SMILES string of the molecule is Cc1ccc2ccc([N+](=O)[O-])c(O)c2n1. The summed E-state index contributed by atoms with van der Waals surface area (Å²) < 4.78 is 0. The second-order valence-electron chi connectivity index (χ2n) is 3.21. The number of rotatable bonds is 1. The highest BCUT2D eigenvalue weighted by Gasteiger charge is 2.16. The quantitative estimate of drug-likeness (QED) is 0.570. The number of nitro benzene ring substituents is 1. The highest BCUT2D eigenvalue weighted by atomic mass is 16.6. The first-order valence-corrected chi connectivity index (χ1v) is 4.33. The maximum atomic E-state index is 10.6. The molecule has 1 aromatic heterocycles. The van der Waals surface area contributed by atoms with Crippen molar-refractivity contribution in [1.82, 2.24) is 4.98 Å². The zero-order valence-electron chi connectivity index (χ0n) is 7.97. The van der Waals surface area contributed by atoms with E-state index in [4.69, 9.17) is 0 Å². The number of aromatic nitrogens is 1. The van der Waals surface area contributed by atoms with Gasteiger partial charge in [-0.1, -0.05) is 6.07 Å². The minimum absolute atomic E-state index is 0.268. The predicted octanol–water partition coefficient (Wildman–Crippen LogP) is 2.16. The molecule has 0 amide bonds. The molecule has 1 aromatic carbocycles. The Kier molecular flexibility index (Phi) is 2.00. The molecule has 0 aliphatic carbocycles. The number of phenolic OH excluding ortho intramolecular Hbond substituents is 1. The van der Waals surface area contributed by atoms with Crippen LogP contribution in [0.2, 0.25) is 0 Å². The van der Waals surface area contributed by atoms with E-state index in [0.29, 0.717) is 11.1 Å². The Bertz CT molecular complexity index is 552. The summed E-state index contributed by atoms with van der Waals surface area (Å²) in [5.41, 5.74) is 0.656. The minimum atomic E-state index is -0.626. The van der Waals surface area contributed by atoms with E-state index < -0.39 is 4.92 Å². The van der Waals surface area contributed by atoms with Crippen LogP contribution in [0.25, 0.3) is 10.9 Å². The fourth-order valence-corrected chi connectivity index (χ4v) is 1.41. The number of aromatic hydroxyl groups is 1. The van der Waals surface area contributed by atoms with Crippen LogP contribution in [0.15, 0.2) is 24.3 Å². The fraction of sp³-hybridized carbons (Fsp3) is 0.100. The first-order chi connectivity index (χ1) is 7.09. The standard InChI is InChI=1S/C10H8N2O3/c1-6-2-3-7-4-5-8(12(14)15)10(13)9(7)11-6/h2-5,13H,1H3. The Balaban J connectivity index is 2.82. The van der Waals surface area contributed by atoms with Gasteiger partial charge in [-0.05, 0) is 19.1 Å². The van der Waals surface area contributed by atoms with Crippen molar-refractivity contribution in [3.05, 3.63) is 40.1 Å². The zero-order valence-corrected chi connectivity index (χ0v) is 7.97. The van der Waals surface area contributed by atoms with Gasteiger partial charge in [0.25, 0.3) is 0 Å². The molecule has 0 saturated carbocycles. The van der Waals surface area contributed by atoms with Crippen LogP contribution in [-0.2, 0) is 0 Å². The third-order valence-corrected chi connectivity index (χ3v) is 2.15. The lowest BCUT2D eigenvalue weighted by Crippen LogP contribution is -1.91. The molecule has 76 valence electrons. The summed E-state index contributed by atoms with van der Waals surface area (Å²) in [5.74, 6) is -0.374. The Labute approximate surface area is 85.1 Å². The Morgan fingerprint density at radius 1 is 1.33 bits per heavy atom. The largest absolute Gasteiger partial charge is 0.501 e. The van der Waals surface area contributed by atoms with E-state index in [2.05, 4.69) is 4.98 Å². The van der Waals surface area contributed by atoms with E-state index in [0.717, 1.165) is 0 Å². The second-order valence-corrected chi connectivity index (χ2v) is 3.21. The molecule has 0 fully saturated rings. The molecule has 2 rings (SSSR count). The number of benzene rings is 1. The molecular weight excluding hydrogens is 196 g/mol. The summed E-state index contributed by atoms with van der Waals surface area (Å²) in [7, 11) is 0. The maximum Gasteiger partial charge on any atom is 0.313 e. The summed E-state index contributed by atoms with van der Waals surface area (Å²) in [6.07, 6.45) is 0. The Morgan fingerprint density at radius 3 is 2.67 bits per heavy atom. The van der Waals surface area contributed by atoms with Crippen molar-refractivity contribution in [1.29, 1.82) is 0 Å². The van der Waals surface area contributed by atoms with Gasteiger partial charge in [0, 0.05) is 17.1 Å². The molecule has 0 spiro atoms. The molecule has 0 aliphatic heterocycles. The van der Waals surface area contributed by atoms with E-state index in [1.54, 1.807) is 25.1 Å². The third kappa shape index (κ3) is 1.48. The van der Waals surface area contributed by atoms with Crippen LogP contribution < -0.4 is 0 Å². The molecule has 1 heterocycles. The van der Waals surface area contributed by atoms with Crippen molar-refractivity contribution in [2.45, 2.75) is 6.92 Å². The smallest absolute Gasteiger partial charge is 0.313 e. The summed E-state index contributed by atoms with van der Waals surface area (Å²) in [6, 6.07) is 6.39. The van der Waals surface area contributed by atoms with Crippen LogP contribution in [0.3, 0.4) is 0 Å². The van der Waals surface area contributed by atoms with Crippen molar-refractivity contribution in [3.8, 4) is 5.75 Å². The molecule has 0 saturated heterocycles. The molecular formula is C10H8N2O3. The first kappa shape index (κ1) is 9.39. The second kappa shape index (κ2) is 3.20. The van der Waals surface area contributed by atoms with Gasteiger partial charge < -0.3 is 5.11 Å². The number of nitrogens with zero attached hydrogens (tertiary/aromatic N) is 2. The van der Waals surface area contributed by atoms with Gasteiger partial charge in [-0.3, -0.25) is 10.1 Å². The highest BCUT2D eigenvalue weighted by molar-refractivity contribution is 5.88. The number of phenols is 1. The molecule has 0 radical (unpaired) electrons. The predicted molar refractivity (Wildman–Crippen MR) is 54.8 cm³/mol. The van der Waals surface area contributed by atoms with Gasteiger partial charge in [0.1, 0.15) is 5.52 Å². The summed E-state index contributed by atoms with van der Waals surface area (Å²) in [4.78, 5) is 14.0. The van der Waals surface area contributed by atoms with Gasteiger partial charge >= 0.3 is 5.69 Å². The van der Waals surface area contributed by atoms with E-state index >= 15 is 0 Å². The first-order valence-electron chi connectivity index (χ1n) is 4.33. The Morgan fingerprint density at radius 2 is 2.00 bits per heavy atom. The molecule has 0 bridgehead atoms. The molecule has 0 atom stereocenters. The van der Waals surface area contributed by atoms with Gasteiger partial charge in [0.05, 0.1) is 4.92 Å². The molecule has 0 unspecified atom stereocenters. The lowest BCUT2D eigenvalue weighted by Gasteiger charge is -2.01. The number of hydrogen-bond acceptors (Lipinski definition) is 4. The van der Waals surface area contributed by atoms with Crippen molar-refractivity contribution >= 4 is 16.6 Å².